The molecule has 2 heterocycles. The molecule has 0 saturated heterocycles. The van der Waals surface area contributed by atoms with Crippen LogP contribution in [0.3, 0.4) is 0 Å². The fourth-order valence-corrected chi connectivity index (χ4v) is 3.20. The van der Waals surface area contributed by atoms with E-state index in [1.54, 1.807) is 10.8 Å². The SMILES string of the molecule is CCn1cc(-c2cccc(NCCCCCc3nc(C4CC4)no3)c2)oc1=O. The molecule has 1 N–H and O–H groups in total. The first kappa shape index (κ1) is 18.5. The molecule has 7 heteroatoms. The number of hydrogen-bond acceptors (Lipinski definition) is 6. The van der Waals surface area contributed by atoms with Gasteiger partial charge in [0, 0.05) is 36.7 Å². The molecule has 0 atom stereocenters. The highest BCUT2D eigenvalue weighted by Crippen LogP contribution is 2.38. The molecule has 0 amide bonds. The Bertz CT molecular complexity index is 968. The van der Waals surface area contributed by atoms with Crippen LogP contribution in [0.15, 0.2) is 44.2 Å². The van der Waals surface area contributed by atoms with Gasteiger partial charge in [-0.1, -0.05) is 23.7 Å². The van der Waals surface area contributed by atoms with Crippen LogP contribution in [-0.4, -0.2) is 21.3 Å². The first-order valence-electron chi connectivity index (χ1n) is 10.1. The zero-order chi connectivity index (χ0) is 19.3. The van der Waals surface area contributed by atoms with Crippen molar-refractivity contribution in [3.05, 3.63) is 52.7 Å². The van der Waals surface area contributed by atoms with Crippen LogP contribution >= 0.6 is 0 Å². The molecule has 1 aliphatic carbocycles. The number of aryl methyl sites for hydroxylation is 2. The smallest absolute Gasteiger partial charge is 0.408 e. The van der Waals surface area contributed by atoms with Crippen LogP contribution in [-0.2, 0) is 13.0 Å². The van der Waals surface area contributed by atoms with E-state index in [-0.39, 0.29) is 5.76 Å². The largest absolute Gasteiger partial charge is 0.419 e. The number of anilines is 1. The molecular formula is C21H26N4O3. The predicted molar refractivity (Wildman–Crippen MR) is 106 cm³/mol. The Balaban J connectivity index is 1.21. The molecule has 3 aromatic rings. The summed E-state index contributed by atoms with van der Waals surface area (Å²) >= 11 is 0. The van der Waals surface area contributed by atoms with E-state index in [9.17, 15) is 4.79 Å². The monoisotopic (exact) mass is 382 g/mol. The van der Waals surface area contributed by atoms with Gasteiger partial charge in [-0.15, -0.1) is 0 Å². The molecule has 0 radical (unpaired) electrons. The van der Waals surface area contributed by atoms with E-state index in [0.29, 0.717) is 18.2 Å². The summed E-state index contributed by atoms with van der Waals surface area (Å²) in [5.41, 5.74) is 1.92. The fraction of sp³-hybridized carbons (Fsp3) is 0.476. The number of nitrogens with zero attached hydrogens (tertiary/aromatic N) is 3. The summed E-state index contributed by atoms with van der Waals surface area (Å²) in [6, 6.07) is 7.95. The van der Waals surface area contributed by atoms with Crippen LogP contribution in [0, 0.1) is 0 Å². The van der Waals surface area contributed by atoms with Crippen molar-refractivity contribution in [1.82, 2.24) is 14.7 Å². The van der Waals surface area contributed by atoms with Gasteiger partial charge in [0.2, 0.25) is 5.89 Å². The van der Waals surface area contributed by atoms with Crippen molar-refractivity contribution in [1.29, 1.82) is 0 Å². The van der Waals surface area contributed by atoms with Gasteiger partial charge in [0.25, 0.3) is 0 Å². The van der Waals surface area contributed by atoms with E-state index in [1.165, 1.54) is 12.8 Å². The van der Waals surface area contributed by atoms with Gasteiger partial charge in [0.1, 0.15) is 0 Å². The van der Waals surface area contributed by atoms with Crippen LogP contribution in [0.5, 0.6) is 0 Å². The van der Waals surface area contributed by atoms with Gasteiger partial charge in [-0.05, 0) is 44.7 Å². The Hall–Kier alpha value is -2.83. The molecule has 4 rings (SSSR count). The highest BCUT2D eigenvalue weighted by molar-refractivity contribution is 5.63. The Morgan fingerprint density at radius 3 is 2.93 bits per heavy atom. The third kappa shape index (κ3) is 4.52. The molecular weight excluding hydrogens is 356 g/mol. The first-order chi connectivity index (χ1) is 13.7. The highest BCUT2D eigenvalue weighted by Gasteiger charge is 2.28. The lowest BCUT2D eigenvalue weighted by atomic mass is 10.1. The lowest BCUT2D eigenvalue weighted by molar-refractivity contribution is 0.369. The maximum Gasteiger partial charge on any atom is 0.419 e. The zero-order valence-electron chi connectivity index (χ0n) is 16.2. The molecule has 0 unspecified atom stereocenters. The number of benzene rings is 1. The van der Waals surface area contributed by atoms with Gasteiger partial charge >= 0.3 is 5.76 Å². The lowest BCUT2D eigenvalue weighted by Gasteiger charge is -2.07. The van der Waals surface area contributed by atoms with Gasteiger partial charge in [0.05, 0.1) is 6.20 Å². The maximum absolute atomic E-state index is 11.7. The second-order valence-corrected chi connectivity index (χ2v) is 7.29. The van der Waals surface area contributed by atoms with Crippen LogP contribution in [0.4, 0.5) is 5.69 Å². The van der Waals surface area contributed by atoms with Crippen molar-refractivity contribution < 1.29 is 8.94 Å². The van der Waals surface area contributed by atoms with Crippen molar-refractivity contribution in [3.8, 4) is 11.3 Å². The van der Waals surface area contributed by atoms with E-state index in [0.717, 1.165) is 55.2 Å². The number of aromatic nitrogens is 3. The fourth-order valence-electron chi connectivity index (χ4n) is 3.20. The summed E-state index contributed by atoms with van der Waals surface area (Å²) in [5, 5.41) is 7.49. The van der Waals surface area contributed by atoms with Crippen molar-refractivity contribution in [2.24, 2.45) is 0 Å². The van der Waals surface area contributed by atoms with E-state index >= 15 is 0 Å². The summed E-state index contributed by atoms with van der Waals surface area (Å²) in [7, 11) is 0. The number of hydrogen-bond donors (Lipinski definition) is 1. The third-order valence-electron chi connectivity index (χ3n) is 5.02. The van der Waals surface area contributed by atoms with Crippen molar-refractivity contribution >= 4 is 5.69 Å². The summed E-state index contributed by atoms with van der Waals surface area (Å²) in [4.78, 5) is 16.2. The molecule has 1 fully saturated rings. The van der Waals surface area contributed by atoms with Gasteiger partial charge in [-0.25, -0.2) is 4.79 Å². The molecule has 0 bridgehead atoms. The van der Waals surface area contributed by atoms with Gasteiger partial charge in [-0.2, -0.15) is 4.98 Å². The Labute approximate surface area is 163 Å². The Kier molecular flexibility index (Phi) is 5.60. The number of rotatable bonds is 10. The number of oxazole rings is 1. The molecule has 1 saturated carbocycles. The molecule has 148 valence electrons. The van der Waals surface area contributed by atoms with Crippen LogP contribution in [0.2, 0.25) is 0 Å². The second-order valence-electron chi connectivity index (χ2n) is 7.29. The Morgan fingerprint density at radius 2 is 2.14 bits per heavy atom. The van der Waals surface area contributed by atoms with E-state index < -0.39 is 0 Å². The summed E-state index contributed by atoms with van der Waals surface area (Å²) in [6.45, 7) is 3.41. The minimum Gasteiger partial charge on any atom is -0.408 e. The minimum absolute atomic E-state index is 0.318. The van der Waals surface area contributed by atoms with Crippen LogP contribution < -0.4 is 11.1 Å². The van der Waals surface area contributed by atoms with Crippen molar-refractivity contribution in [2.45, 2.75) is 57.9 Å². The summed E-state index contributed by atoms with van der Waals surface area (Å²) in [6.07, 6.45) is 8.21. The summed E-state index contributed by atoms with van der Waals surface area (Å²) in [5.74, 6) is 2.48. The molecule has 1 aromatic carbocycles. The topological polar surface area (TPSA) is 86.1 Å². The standard InChI is InChI=1S/C21H26N4O3/c1-2-25-14-18(27-21(25)26)16-7-6-8-17(13-16)22-12-5-3-4-9-19-23-20(24-28-19)15-10-11-15/h6-8,13-15,22H,2-5,9-12H2,1H3. The van der Waals surface area contributed by atoms with Gasteiger partial charge in [-0.3, -0.25) is 4.57 Å². The molecule has 0 aliphatic heterocycles. The Morgan fingerprint density at radius 1 is 1.25 bits per heavy atom. The van der Waals surface area contributed by atoms with Crippen molar-refractivity contribution in [3.63, 3.8) is 0 Å². The third-order valence-corrected chi connectivity index (χ3v) is 5.02. The average molecular weight is 382 g/mol. The molecule has 2 aromatic heterocycles. The quantitative estimate of drug-likeness (QED) is 0.529. The van der Waals surface area contributed by atoms with Crippen LogP contribution in [0.1, 0.15) is 56.7 Å². The zero-order valence-corrected chi connectivity index (χ0v) is 16.2. The highest BCUT2D eigenvalue weighted by atomic mass is 16.5. The molecule has 1 aliphatic rings. The number of unbranched alkanes of at least 4 members (excludes halogenated alkanes) is 2. The second kappa shape index (κ2) is 8.46. The lowest BCUT2D eigenvalue weighted by Crippen LogP contribution is -2.10. The normalized spacial score (nSPS) is 13.8. The predicted octanol–water partition coefficient (Wildman–Crippen LogP) is 4.21. The summed E-state index contributed by atoms with van der Waals surface area (Å²) < 4.78 is 12.2. The first-order valence-corrected chi connectivity index (χ1v) is 10.1. The minimum atomic E-state index is -0.318. The van der Waals surface area contributed by atoms with Crippen LogP contribution in [0.25, 0.3) is 11.3 Å². The van der Waals surface area contributed by atoms with E-state index in [2.05, 4.69) is 15.5 Å². The molecule has 0 spiro atoms. The number of nitrogens with one attached hydrogen (secondary N) is 1. The van der Waals surface area contributed by atoms with Gasteiger partial charge in [0.15, 0.2) is 11.6 Å². The van der Waals surface area contributed by atoms with Crippen molar-refractivity contribution in [2.75, 3.05) is 11.9 Å². The average Bonchev–Trinajstić information content (AvgIpc) is 3.33. The van der Waals surface area contributed by atoms with E-state index in [1.807, 2.05) is 31.2 Å². The van der Waals surface area contributed by atoms with E-state index in [4.69, 9.17) is 8.94 Å². The van der Waals surface area contributed by atoms with Gasteiger partial charge < -0.3 is 14.3 Å². The molecule has 7 nitrogen and oxygen atoms in total. The maximum atomic E-state index is 11.7. The molecule has 28 heavy (non-hydrogen) atoms.